The van der Waals surface area contributed by atoms with Gasteiger partial charge in [-0.15, -0.1) is 0 Å². The van der Waals surface area contributed by atoms with Crippen molar-refractivity contribution in [2.75, 3.05) is 53.4 Å². The predicted molar refractivity (Wildman–Crippen MR) is 110 cm³/mol. The highest BCUT2D eigenvalue weighted by molar-refractivity contribution is 5.84. The zero-order chi connectivity index (χ0) is 19.5. The van der Waals surface area contributed by atoms with Gasteiger partial charge in [0, 0.05) is 39.8 Å². The molecule has 2 aliphatic heterocycles. The average Bonchev–Trinajstić information content (AvgIpc) is 2.70. The van der Waals surface area contributed by atoms with Crippen LogP contribution in [0.15, 0.2) is 4.99 Å². The molecule has 2 fully saturated rings. The number of guanidine groups is 1. The fourth-order valence-electron chi connectivity index (χ4n) is 3.58. The van der Waals surface area contributed by atoms with E-state index in [0.29, 0.717) is 12.0 Å². The molecule has 2 rings (SSSR count). The molecule has 2 N–H and O–H groups in total. The molecule has 27 heavy (non-hydrogen) atoms. The standard InChI is InChI=1S/C20H39N5O2/c1-17(25-12-6-4-7-13-25)10-11-21-20(23-16-19(26)24(2)3)22-15-18-9-5-8-14-27-18/h17-18H,4-16H2,1-3H3,(H2,21,22,23). The quantitative estimate of drug-likeness (QED) is 0.492. The first-order chi connectivity index (χ1) is 13.1. The minimum absolute atomic E-state index is 0.00620. The summed E-state index contributed by atoms with van der Waals surface area (Å²) in [4.78, 5) is 20.5. The number of likely N-dealkylation sites (N-methyl/N-ethyl adjacent to an activating group) is 1. The van der Waals surface area contributed by atoms with Crippen LogP contribution in [0.1, 0.15) is 51.9 Å². The molecule has 0 saturated carbocycles. The number of rotatable bonds is 8. The molecule has 0 radical (unpaired) electrons. The normalized spacial score (nSPS) is 22.9. The number of hydrogen-bond acceptors (Lipinski definition) is 4. The third-order valence-electron chi connectivity index (χ3n) is 5.51. The van der Waals surface area contributed by atoms with E-state index in [1.54, 1.807) is 19.0 Å². The molecule has 0 bridgehead atoms. The van der Waals surface area contributed by atoms with Gasteiger partial charge in [0.2, 0.25) is 5.91 Å². The second-order valence-electron chi connectivity index (χ2n) is 7.98. The maximum absolute atomic E-state index is 11.9. The lowest BCUT2D eigenvalue weighted by Crippen LogP contribution is -2.45. The van der Waals surface area contributed by atoms with Crippen molar-refractivity contribution in [2.24, 2.45) is 4.99 Å². The van der Waals surface area contributed by atoms with Crippen LogP contribution in [0.25, 0.3) is 0 Å². The molecule has 156 valence electrons. The van der Waals surface area contributed by atoms with Gasteiger partial charge in [-0.25, -0.2) is 4.99 Å². The van der Waals surface area contributed by atoms with E-state index < -0.39 is 0 Å². The highest BCUT2D eigenvalue weighted by Gasteiger charge is 2.17. The minimum Gasteiger partial charge on any atom is -0.376 e. The van der Waals surface area contributed by atoms with Gasteiger partial charge in [0.15, 0.2) is 5.96 Å². The fourth-order valence-corrected chi connectivity index (χ4v) is 3.58. The van der Waals surface area contributed by atoms with Crippen molar-refractivity contribution in [1.29, 1.82) is 0 Å². The number of nitrogens with one attached hydrogen (secondary N) is 2. The molecule has 2 saturated heterocycles. The SMILES string of the molecule is CC(CCNC(=NCC(=O)N(C)C)NCC1CCCCO1)N1CCCCC1. The summed E-state index contributed by atoms with van der Waals surface area (Å²) in [5, 5.41) is 6.78. The molecule has 7 heteroatoms. The van der Waals surface area contributed by atoms with E-state index in [-0.39, 0.29) is 18.6 Å². The summed E-state index contributed by atoms with van der Waals surface area (Å²) in [5.41, 5.74) is 0. The Labute approximate surface area is 164 Å². The van der Waals surface area contributed by atoms with Gasteiger partial charge in [-0.3, -0.25) is 4.79 Å². The van der Waals surface area contributed by atoms with Gasteiger partial charge in [-0.1, -0.05) is 6.42 Å². The van der Waals surface area contributed by atoms with Crippen LogP contribution in [0, 0.1) is 0 Å². The lowest BCUT2D eigenvalue weighted by atomic mass is 10.1. The van der Waals surface area contributed by atoms with Crippen molar-refractivity contribution in [3.05, 3.63) is 0 Å². The number of carbonyl (C=O) groups is 1. The zero-order valence-corrected chi connectivity index (χ0v) is 17.5. The number of carbonyl (C=O) groups excluding carboxylic acids is 1. The van der Waals surface area contributed by atoms with Crippen molar-refractivity contribution >= 4 is 11.9 Å². The molecular formula is C20H39N5O2. The summed E-state index contributed by atoms with van der Waals surface area (Å²) in [6.07, 6.45) is 8.78. The lowest BCUT2D eigenvalue weighted by molar-refractivity contribution is -0.127. The van der Waals surface area contributed by atoms with Gasteiger partial charge in [0.25, 0.3) is 0 Å². The van der Waals surface area contributed by atoms with Crippen LogP contribution >= 0.6 is 0 Å². The first-order valence-corrected chi connectivity index (χ1v) is 10.6. The summed E-state index contributed by atoms with van der Waals surface area (Å²) >= 11 is 0. The lowest BCUT2D eigenvalue weighted by Gasteiger charge is -2.32. The number of piperidine rings is 1. The maximum atomic E-state index is 11.9. The Morgan fingerprint density at radius 1 is 1.19 bits per heavy atom. The van der Waals surface area contributed by atoms with Crippen molar-refractivity contribution in [1.82, 2.24) is 20.4 Å². The first-order valence-electron chi connectivity index (χ1n) is 10.6. The Kier molecular flexibility index (Phi) is 9.91. The second kappa shape index (κ2) is 12.2. The van der Waals surface area contributed by atoms with Crippen molar-refractivity contribution in [3.63, 3.8) is 0 Å². The number of nitrogens with zero attached hydrogens (tertiary/aromatic N) is 3. The van der Waals surface area contributed by atoms with Crippen LogP contribution in [0.4, 0.5) is 0 Å². The minimum atomic E-state index is 0.00620. The number of amides is 1. The number of hydrogen-bond donors (Lipinski definition) is 2. The van der Waals surface area contributed by atoms with E-state index in [2.05, 4.69) is 27.4 Å². The molecule has 0 aromatic heterocycles. The molecule has 1 amide bonds. The summed E-state index contributed by atoms with van der Waals surface area (Å²) in [6, 6.07) is 0.573. The molecule has 0 aromatic carbocycles. The maximum Gasteiger partial charge on any atom is 0.243 e. The molecule has 7 nitrogen and oxygen atoms in total. The zero-order valence-electron chi connectivity index (χ0n) is 17.5. The number of likely N-dealkylation sites (tertiary alicyclic amines) is 1. The Morgan fingerprint density at radius 2 is 1.96 bits per heavy atom. The molecule has 2 unspecified atom stereocenters. The van der Waals surface area contributed by atoms with E-state index >= 15 is 0 Å². The fraction of sp³-hybridized carbons (Fsp3) is 0.900. The summed E-state index contributed by atoms with van der Waals surface area (Å²) in [6.45, 7) is 7.35. The van der Waals surface area contributed by atoms with Crippen molar-refractivity contribution in [2.45, 2.75) is 64.0 Å². The molecular weight excluding hydrogens is 342 g/mol. The number of aliphatic imine (C=N–C) groups is 1. The highest BCUT2D eigenvalue weighted by atomic mass is 16.5. The predicted octanol–water partition coefficient (Wildman–Crippen LogP) is 1.44. The summed E-state index contributed by atoms with van der Waals surface area (Å²) in [7, 11) is 3.52. The van der Waals surface area contributed by atoms with Crippen molar-refractivity contribution in [3.8, 4) is 0 Å². The molecule has 2 heterocycles. The molecule has 2 aliphatic rings. The van der Waals surface area contributed by atoms with Gasteiger partial charge >= 0.3 is 0 Å². The van der Waals surface area contributed by atoms with Crippen LogP contribution in [-0.4, -0.2) is 87.2 Å². The first kappa shape index (κ1) is 22.0. The monoisotopic (exact) mass is 381 g/mol. The Bertz CT molecular complexity index is 457. The largest absolute Gasteiger partial charge is 0.376 e. The molecule has 0 spiro atoms. The second-order valence-corrected chi connectivity index (χ2v) is 7.98. The van der Waals surface area contributed by atoms with E-state index in [0.717, 1.165) is 39.0 Å². The highest BCUT2D eigenvalue weighted by Crippen LogP contribution is 2.13. The van der Waals surface area contributed by atoms with E-state index in [4.69, 9.17) is 4.74 Å². The van der Waals surface area contributed by atoms with Gasteiger partial charge in [-0.05, 0) is 58.5 Å². The third-order valence-corrected chi connectivity index (χ3v) is 5.51. The van der Waals surface area contributed by atoms with Crippen LogP contribution in [0.3, 0.4) is 0 Å². The van der Waals surface area contributed by atoms with Gasteiger partial charge in [-0.2, -0.15) is 0 Å². The summed E-state index contributed by atoms with van der Waals surface area (Å²) in [5.74, 6) is 0.719. The average molecular weight is 382 g/mol. The Hall–Kier alpha value is -1.34. The smallest absolute Gasteiger partial charge is 0.243 e. The van der Waals surface area contributed by atoms with E-state index in [1.165, 1.54) is 38.8 Å². The van der Waals surface area contributed by atoms with Crippen molar-refractivity contribution < 1.29 is 9.53 Å². The van der Waals surface area contributed by atoms with Crippen LogP contribution in [0.5, 0.6) is 0 Å². The van der Waals surface area contributed by atoms with E-state index in [1.807, 2.05) is 0 Å². The topological polar surface area (TPSA) is 69.2 Å². The van der Waals surface area contributed by atoms with Crippen LogP contribution in [0.2, 0.25) is 0 Å². The van der Waals surface area contributed by atoms with E-state index in [9.17, 15) is 4.79 Å². The Morgan fingerprint density at radius 3 is 2.63 bits per heavy atom. The van der Waals surface area contributed by atoms with Gasteiger partial charge in [0.1, 0.15) is 6.54 Å². The van der Waals surface area contributed by atoms with Gasteiger partial charge < -0.3 is 25.2 Å². The van der Waals surface area contributed by atoms with Crippen LogP contribution < -0.4 is 10.6 Å². The third kappa shape index (κ3) is 8.47. The summed E-state index contributed by atoms with van der Waals surface area (Å²) < 4.78 is 5.79. The van der Waals surface area contributed by atoms with Gasteiger partial charge in [0.05, 0.1) is 6.10 Å². The van der Waals surface area contributed by atoms with Crippen LogP contribution in [-0.2, 0) is 9.53 Å². The number of ether oxygens (including phenoxy) is 1. The molecule has 0 aromatic rings. The molecule has 0 aliphatic carbocycles. The molecule has 2 atom stereocenters. The Balaban J connectivity index is 1.78.